The minimum Gasteiger partial charge on any atom is -0.358 e. The Bertz CT molecular complexity index is 427. The van der Waals surface area contributed by atoms with Gasteiger partial charge in [0.15, 0.2) is 11.5 Å². The molecular weight excluding hydrogens is 172 g/mol. The van der Waals surface area contributed by atoms with Crippen molar-refractivity contribution in [3.63, 3.8) is 0 Å². The Hall–Kier alpha value is -2.04. The van der Waals surface area contributed by atoms with Gasteiger partial charge in [-0.1, -0.05) is 6.08 Å². The number of nitro groups is 1. The number of hydrogen-bond donors (Lipinski definition) is 0. The first kappa shape index (κ1) is 7.60. The van der Waals surface area contributed by atoms with Crippen molar-refractivity contribution in [1.29, 1.82) is 0 Å². The lowest BCUT2D eigenvalue weighted by molar-refractivity contribution is -0.347. The van der Waals surface area contributed by atoms with E-state index in [1.807, 2.05) is 0 Å². The zero-order valence-corrected chi connectivity index (χ0v) is 6.43. The Kier molecular flexibility index (Phi) is 1.45. The van der Waals surface area contributed by atoms with Crippen molar-refractivity contribution < 1.29 is 9.72 Å². The molecule has 0 bridgehead atoms. The third-order valence-electron chi connectivity index (χ3n) is 1.74. The van der Waals surface area contributed by atoms with Gasteiger partial charge in [0.25, 0.3) is 0 Å². The molecule has 0 saturated carbocycles. The van der Waals surface area contributed by atoms with E-state index in [0.717, 1.165) is 0 Å². The van der Waals surface area contributed by atoms with E-state index in [1.165, 1.54) is 18.2 Å². The number of aliphatic imine (C=N–C) groups is 1. The predicted molar refractivity (Wildman–Crippen MR) is 44.7 cm³/mol. The van der Waals surface area contributed by atoms with Gasteiger partial charge < -0.3 is 10.1 Å². The van der Waals surface area contributed by atoms with E-state index in [-0.39, 0.29) is 11.6 Å². The summed E-state index contributed by atoms with van der Waals surface area (Å²) in [5.41, 5.74) is 0.674. The lowest BCUT2D eigenvalue weighted by atomic mass is 10.0. The summed E-state index contributed by atoms with van der Waals surface area (Å²) in [7, 11) is 0. The molecule has 0 saturated heterocycles. The number of allylic oxidation sites excluding steroid dienone is 4. The number of nitrogens with zero attached hydrogens (tertiary/aromatic N) is 2. The largest absolute Gasteiger partial charge is 0.364 e. The average molecular weight is 176 g/mol. The Balaban J connectivity index is 2.47. The van der Waals surface area contributed by atoms with Crippen LogP contribution in [0.1, 0.15) is 0 Å². The van der Waals surface area contributed by atoms with Gasteiger partial charge in [0.1, 0.15) is 0 Å². The number of amidine groups is 1. The van der Waals surface area contributed by atoms with Crippen LogP contribution >= 0.6 is 0 Å². The fourth-order valence-electron chi connectivity index (χ4n) is 1.15. The topological polar surface area (TPSA) is 72.6 Å². The third kappa shape index (κ3) is 1.10. The summed E-state index contributed by atoms with van der Waals surface area (Å²) in [6.07, 6.45) is 5.65. The van der Waals surface area contributed by atoms with Crippen molar-refractivity contribution in [3.05, 3.63) is 45.7 Å². The second kappa shape index (κ2) is 2.48. The van der Waals surface area contributed by atoms with Crippen molar-refractivity contribution >= 4 is 11.6 Å². The summed E-state index contributed by atoms with van der Waals surface area (Å²) in [4.78, 5) is 24.5. The molecule has 2 rings (SSSR count). The minimum absolute atomic E-state index is 0.238. The van der Waals surface area contributed by atoms with Gasteiger partial charge in [-0.3, -0.25) is 4.79 Å². The van der Waals surface area contributed by atoms with Crippen LogP contribution < -0.4 is 0 Å². The summed E-state index contributed by atoms with van der Waals surface area (Å²) in [5.74, 6) is -0.517. The van der Waals surface area contributed by atoms with Crippen molar-refractivity contribution in [2.45, 2.75) is 0 Å². The van der Waals surface area contributed by atoms with Crippen LogP contribution in [0, 0.1) is 10.1 Å². The van der Waals surface area contributed by atoms with E-state index in [0.29, 0.717) is 11.3 Å². The van der Waals surface area contributed by atoms with Gasteiger partial charge in [0, 0.05) is 0 Å². The summed E-state index contributed by atoms with van der Waals surface area (Å²) in [6, 6.07) is 0. The molecule has 0 atom stereocenters. The van der Waals surface area contributed by atoms with Crippen LogP contribution in [0.2, 0.25) is 0 Å². The van der Waals surface area contributed by atoms with Gasteiger partial charge in [0.05, 0.1) is 11.6 Å². The van der Waals surface area contributed by atoms with Crippen LogP contribution in [0.15, 0.2) is 40.6 Å². The van der Waals surface area contributed by atoms with E-state index in [1.54, 1.807) is 6.08 Å². The molecule has 0 aromatic heterocycles. The number of hydrogen-bond acceptors (Lipinski definition) is 4. The molecular formula is C8H4N2O3. The van der Waals surface area contributed by atoms with Crippen molar-refractivity contribution in [3.8, 4) is 0 Å². The third-order valence-corrected chi connectivity index (χ3v) is 1.74. The number of carbonyl (C=O) groups is 1. The van der Waals surface area contributed by atoms with Crippen molar-refractivity contribution in [2.24, 2.45) is 4.99 Å². The van der Waals surface area contributed by atoms with Crippen molar-refractivity contribution in [1.82, 2.24) is 0 Å². The fraction of sp³-hybridized carbons (Fsp3) is 0. The molecule has 0 aromatic carbocycles. The van der Waals surface area contributed by atoms with Crippen molar-refractivity contribution in [2.75, 3.05) is 0 Å². The maximum atomic E-state index is 11.2. The smallest absolute Gasteiger partial charge is 0.358 e. The standard InChI is InChI=1S/C8H4N2O3/c11-7-3-1-2-6-5(7)4-8(9-6)10(12)13/h1-4H. The molecule has 1 heterocycles. The van der Waals surface area contributed by atoms with Crippen LogP contribution in [-0.4, -0.2) is 16.5 Å². The molecule has 2 aliphatic rings. The first-order chi connectivity index (χ1) is 6.18. The Morgan fingerprint density at radius 2 is 2.23 bits per heavy atom. The number of fused-ring (bicyclic) bond motifs is 1. The van der Waals surface area contributed by atoms with Gasteiger partial charge in [-0.2, -0.15) is 0 Å². The van der Waals surface area contributed by atoms with Crippen LogP contribution in [-0.2, 0) is 4.79 Å². The molecule has 0 N–H and O–H groups in total. The van der Waals surface area contributed by atoms with Gasteiger partial charge in [0.2, 0.25) is 0 Å². The zero-order valence-electron chi connectivity index (χ0n) is 6.43. The quantitative estimate of drug-likeness (QED) is 0.401. The van der Waals surface area contributed by atoms with Gasteiger partial charge in [-0.25, -0.2) is 0 Å². The maximum Gasteiger partial charge on any atom is 0.364 e. The van der Waals surface area contributed by atoms with E-state index in [4.69, 9.17) is 0 Å². The molecule has 0 unspecified atom stereocenters. The van der Waals surface area contributed by atoms with Crippen LogP contribution in [0.5, 0.6) is 0 Å². The Morgan fingerprint density at radius 1 is 1.46 bits per heavy atom. The maximum absolute atomic E-state index is 11.2. The summed E-state index contributed by atoms with van der Waals surface area (Å²) in [5, 5.41) is 10.3. The van der Waals surface area contributed by atoms with Gasteiger partial charge in [-0.15, -0.1) is 0 Å². The van der Waals surface area contributed by atoms with Gasteiger partial charge >= 0.3 is 5.84 Å². The molecule has 5 nitrogen and oxygen atoms in total. The average Bonchev–Trinajstić information content (AvgIpc) is 2.49. The summed E-state index contributed by atoms with van der Waals surface area (Å²) < 4.78 is 0. The van der Waals surface area contributed by atoms with Crippen LogP contribution in [0.25, 0.3) is 0 Å². The van der Waals surface area contributed by atoms with Gasteiger partial charge in [-0.05, 0) is 22.1 Å². The normalized spacial score (nSPS) is 19.1. The molecule has 0 aromatic rings. The lowest BCUT2D eigenvalue weighted by Crippen LogP contribution is -2.06. The first-order valence-corrected chi connectivity index (χ1v) is 3.56. The van der Waals surface area contributed by atoms with E-state index in [9.17, 15) is 14.9 Å². The SMILES string of the molecule is O=C1C=CC=C2N=C([N+](=O)[O-])C=C12. The van der Waals surface area contributed by atoms with Crippen LogP contribution in [0.4, 0.5) is 0 Å². The number of ketones is 1. The first-order valence-electron chi connectivity index (χ1n) is 3.56. The molecule has 13 heavy (non-hydrogen) atoms. The Morgan fingerprint density at radius 3 is 2.85 bits per heavy atom. The summed E-state index contributed by atoms with van der Waals surface area (Å²) in [6.45, 7) is 0. The zero-order chi connectivity index (χ0) is 9.42. The molecule has 1 aliphatic heterocycles. The van der Waals surface area contributed by atoms with E-state index < -0.39 is 4.92 Å². The fourth-order valence-corrected chi connectivity index (χ4v) is 1.15. The highest BCUT2D eigenvalue weighted by molar-refractivity contribution is 6.14. The predicted octanol–water partition coefficient (Wildman–Crippen LogP) is 0.624. The molecule has 0 amide bonds. The molecule has 0 radical (unpaired) electrons. The van der Waals surface area contributed by atoms with Crippen LogP contribution in [0.3, 0.4) is 0 Å². The molecule has 64 valence electrons. The molecule has 0 fully saturated rings. The lowest BCUT2D eigenvalue weighted by Gasteiger charge is -1.96. The molecule has 5 heteroatoms. The monoisotopic (exact) mass is 176 g/mol. The van der Waals surface area contributed by atoms with E-state index >= 15 is 0 Å². The molecule has 0 spiro atoms. The second-order valence-corrected chi connectivity index (χ2v) is 2.56. The van der Waals surface area contributed by atoms with E-state index in [2.05, 4.69) is 4.99 Å². The minimum atomic E-state index is -0.612. The second-order valence-electron chi connectivity index (χ2n) is 2.56. The Labute approximate surface area is 72.9 Å². The number of rotatable bonds is 0. The molecule has 1 aliphatic carbocycles. The summed E-state index contributed by atoms with van der Waals surface area (Å²) >= 11 is 0. The highest BCUT2D eigenvalue weighted by atomic mass is 16.6. The highest BCUT2D eigenvalue weighted by Crippen LogP contribution is 2.23. The number of carbonyl (C=O) groups excluding carboxylic acids is 1. The highest BCUT2D eigenvalue weighted by Gasteiger charge is 2.29.